The van der Waals surface area contributed by atoms with E-state index in [9.17, 15) is 9.59 Å². The van der Waals surface area contributed by atoms with Crippen molar-refractivity contribution >= 4 is 11.8 Å². The Morgan fingerprint density at radius 3 is 2.75 bits per heavy atom. The van der Waals surface area contributed by atoms with Crippen LogP contribution in [0, 0.1) is 0 Å². The summed E-state index contributed by atoms with van der Waals surface area (Å²) >= 11 is 0. The summed E-state index contributed by atoms with van der Waals surface area (Å²) in [5.41, 5.74) is 2.93. The van der Waals surface area contributed by atoms with Gasteiger partial charge in [0.2, 0.25) is 0 Å². The summed E-state index contributed by atoms with van der Waals surface area (Å²) in [6.45, 7) is 6.19. The van der Waals surface area contributed by atoms with Gasteiger partial charge in [0.05, 0.1) is 42.7 Å². The molecule has 4 rings (SSSR count). The van der Waals surface area contributed by atoms with Crippen molar-refractivity contribution in [2.75, 3.05) is 20.3 Å². The standard InChI is InChI=1S/C25H33N3O4/c1-4-20(18-9-6-5-7-10-18)26-24(29)19-15-22(27-13-14-32-16-23(19)27)25(30)28-12-8-11-21(28)17(2)31-3/h5-7,9-10,15,17,20-21H,4,8,11-14,16H2,1-3H3,(H,26,29)/t17?,20-,21?/m1/s1. The summed E-state index contributed by atoms with van der Waals surface area (Å²) in [6.07, 6.45) is 2.64. The van der Waals surface area contributed by atoms with E-state index in [2.05, 4.69) is 12.2 Å². The Morgan fingerprint density at radius 1 is 1.25 bits per heavy atom. The van der Waals surface area contributed by atoms with Gasteiger partial charge in [-0.25, -0.2) is 0 Å². The van der Waals surface area contributed by atoms with Gasteiger partial charge in [-0.05, 0) is 37.8 Å². The summed E-state index contributed by atoms with van der Waals surface area (Å²) in [6, 6.07) is 11.7. The van der Waals surface area contributed by atoms with Crippen LogP contribution in [0.1, 0.15) is 71.3 Å². The van der Waals surface area contributed by atoms with Crippen LogP contribution in [-0.2, 0) is 22.6 Å². The molecule has 1 aromatic heterocycles. The lowest BCUT2D eigenvalue weighted by atomic mass is 10.0. The summed E-state index contributed by atoms with van der Waals surface area (Å²) in [5, 5.41) is 3.15. The predicted molar refractivity (Wildman–Crippen MR) is 122 cm³/mol. The monoisotopic (exact) mass is 439 g/mol. The first kappa shape index (κ1) is 22.6. The van der Waals surface area contributed by atoms with Crippen molar-refractivity contribution in [2.24, 2.45) is 0 Å². The first-order valence-electron chi connectivity index (χ1n) is 11.5. The van der Waals surface area contributed by atoms with Gasteiger partial charge < -0.3 is 24.3 Å². The van der Waals surface area contributed by atoms with Gasteiger partial charge in [-0.2, -0.15) is 0 Å². The van der Waals surface area contributed by atoms with Crippen molar-refractivity contribution in [3.63, 3.8) is 0 Å². The maximum absolute atomic E-state index is 13.6. The predicted octanol–water partition coefficient (Wildman–Crippen LogP) is 3.54. The fourth-order valence-corrected chi connectivity index (χ4v) is 4.88. The molecule has 0 aliphatic carbocycles. The van der Waals surface area contributed by atoms with E-state index in [4.69, 9.17) is 9.47 Å². The van der Waals surface area contributed by atoms with Crippen molar-refractivity contribution in [1.29, 1.82) is 0 Å². The first-order valence-corrected chi connectivity index (χ1v) is 11.5. The van der Waals surface area contributed by atoms with Gasteiger partial charge in [-0.15, -0.1) is 0 Å². The van der Waals surface area contributed by atoms with Gasteiger partial charge >= 0.3 is 0 Å². The van der Waals surface area contributed by atoms with Crippen molar-refractivity contribution in [1.82, 2.24) is 14.8 Å². The van der Waals surface area contributed by atoms with Gasteiger partial charge in [-0.1, -0.05) is 37.3 Å². The Bertz CT molecular complexity index is 956. The third kappa shape index (κ3) is 4.32. The van der Waals surface area contributed by atoms with Crippen LogP contribution in [0.5, 0.6) is 0 Å². The number of nitrogens with one attached hydrogen (secondary N) is 1. The molecule has 32 heavy (non-hydrogen) atoms. The molecule has 7 nitrogen and oxygen atoms in total. The van der Waals surface area contributed by atoms with E-state index in [1.54, 1.807) is 13.2 Å². The molecule has 0 radical (unpaired) electrons. The number of likely N-dealkylation sites (tertiary alicyclic amines) is 1. The highest BCUT2D eigenvalue weighted by Crippen LogP contribution is 2.28. The Labute approximate surface area is 189 Å². The Hall–Kier alpha value is -2.64. The van der Waals surface area contributed by atoms with Crippen LogP contribution in [0.25, 0.3) is 0 Å². The Kier molecular flexibility index (Phi) is 6.96. The van der Waals surface area contributed by atoms with Crippen molar-refractivity contribution in [3.05, 3.63) is 58.9 Å². The van der Waals surface area contributed by atoms with Crippen LogP contribution in [-0.4, -0.2) is 53.7 Å². The normalized spacial score (nSPS) is 20.0. The number of nitrogens with zero attached hydrogens (tertiary/aromatic N) is 2. The van der Waals surface area contributed by atoms with Crippen LogP contribution in [0.2, 0.25) is 0 Å². The zero-order valence-electron chi connectivity index (χ0n) is 19.2. The van der Waals surface area contributed by atoms with E-state index in [0.29, 0.717) is 37.6 Å². The number of ether oxygens (including phenoxy) is 2. The van der Waals surface area contributed by atoms with E-state index in [0.717, 1.165) is 30.5 Å². The maximum atomic E-state index is 13.6. The second kappa shape index (κ2) is 9.88. The fraction of sp³-hybridized carbons (Fsp3) is 0.520. The first-order chi connectivity index (χ1) is 15.5. The molecule has 3 atom stereocenters. The minimum Gasteiger partial charge on any atom is -0.380 e. The van der Waals surface area contributed by atoms with E-state index >= 15 is 0 Å². The zero-order valence-corrected chi connectivity index (χ0v) is 19.2. The third-order valence-electron chi connectivity index (χ3n) is 6.76. The van der Waals surface area contributed by atoms with Gasteiger partial charge in [0.15, 0.2) is 0 Å². The number of aromatic nitrogens is 1. The molecule has 2 aliphatic rings. The number of rotatable bonds is 7. The van der Waals surface area contributed by atoms with Crippen LogP contribution >= 0.6 is 0 Å². The highest BCUT2D eigenvalue weighted by Gasteiger charge is 2.36. The highest BCUT2D eigenvalue weighted by atomic mass is 16.5. The highest BCUT2D eigenvalue weighted by molar-refractivity contribution is 6.01. The zero-order chi connectivity index (χ0) is 22.7. The second-order valence-corrected chi connectivity index (χ2v) is 8.59. The summed E-state index contributed by atoms with van der Waals surface area (Å²) < 4.78 is 13.1. The minimum absolute atomic E-state index is 0.0282. The van der Waals surface area contributed by atoms with Crippen LogP contribution in [0.15, 0.2) is 36.4 Å². The molecule has 1 fully saturated rings. The van der Waals surface area contributed by atoms with Crippen LogP contribution in [0.3, 0.4) is 0 Å². The van der Waals surface area contributed by atoms with E-state index in [1.165, 1.54) is 0 Å². The Morgan fingerprint density at radius 2 is 2.03 bits per heavy atom. The van der Waals surface area contributed by atoms with Crippen molar-refractivity contribution < 1.29 is 19.1 Å². The molecule has 1 aromatic carbocycles. The number of methoxy groups -OCH3 is 1. The average molecular weight is 440 g/mol. The molecular weight excluding hydrogens is 406 g/mol. The molecule has 1 N–H and O–H groups in total. The second-order valence-electron chi connectivity index (χ2n) is 8.59. The number of carbonyl (C=O) groups excluding carboxylic acids is 2. The van der Waals surface area contributed by atoms with Gasteiger partial charge in [0, 0.05) is 20.2 Å². The molecule has 3 heterocycles. The molecule has 2 aromatic rings. The van der Waals surface area contributed by atoms with Crippen LogP contribution < -0.4 is 5.32 Å². The lowest BCUT2D eigenvalue weighted by Crippen LogP contribution is -2.43. The van der Waals surface area contributed by atoms with E-state index < -0.39 is 0 Å². The molecular formula is C25H33N3O4. The number of carbonyl (C=O) groups is 2. The van der Waals surface area contributed by atoms with Crippen molar-refractivity contribution in [3.8, 4) is 0 Å². The molecule has 0 bridgehead atoms. The lowest BCUT2D eigenvalue weighted by molar-refractivity contribution is 0.0340. The molecule has 0 spiro atoms. The quantitative estimate of drug-likeness (QED) is 0.716. The smallest absolute Gasteiger partial charge is 0.270 e. The molecule has 0 saturated carbocycles. The largest absolute Gasteiger partial charge is 0.380 e. The molecule has 7 heteroatoms. The summed E-state index contributed by atoms with van der Waals surface area (Å²) in [5.74, 6) is -0.203. The summed E-state index contributed by atoms with van der Waals surface area (Å²) in [7, 11) is 1.68. The number of hydrogen-bond acceptors (Lipinski definition) is 4. The number of benzene rings is 1. The Balaban J connectivity index is 1.62. The summed E-state index contributed by atoms with van der Waals surface area (Å²) in [4.78, 5) is 28.8. The van der Waals surface area contributed by atoms with E-state index in [1.807, 2.05) is 46.7 Å². The third-order valence-corrected chi connectivity index (χ3v) is 6.76. The SMILES string of the molecule is CC[C@@H](NC(=O)c1cc(C(=O)N2CCCC2C(C)OC)n2c1COCC2)c1ccccc1. The number of amides is 2. The molecule has 1 saturated heterocycles. The number of hydrogen-bond donors (Lipinski definition) is 1. The maximum Gasteiger partial charge on any atom is 0.270 e. The van der Waals surface area contributed by atoms with Gasteiger partial charge in [0.25, 0.3) is 11.8 Å². The van der Waals surface area contributed by atoms with Crippen molar-refractivity contribution in [2.45, 2.75) is 64.4 Å². The fourth-order valence-electron chi connectivity index (χ4n) is 4.88. The topological polar surface area (TPSA) is 72.8 Å². The van der Waals surface area contributed by atoms with Crippen LogP contribution in [0.4, 0.5) is 0 Å². The van der Waals surface area contributed by atoms with Gasteiger partial charge in [0.1, 0.15) is 5.69 Å². The molecule has 172 valence electrons. The molecule has 2 aliphatic heterocycles. The van der Waals surface area contributed by atoms with E-state index in [-0.39, 0.29) is 30.0 Å². The lowest BCUT2D eigenvalue weighted by Gasteiger charge is -2.29. The average Bonchev–Trinajstić information content (AvgIpc) is 3.47. The number of fused-ring (bicyclic) bond motifs is 1. The molecule has 2 amide bonds. The molecule has 2 unspecified atom stereocenters. The van der Waals surface area contributed by atoms with Gasteiger partial charge in [-0.3, -0.25) is 9.59 Å². The minimum atomic E-state index is -0.169.